The summed E-state index contributed by atoms with van der Waals surface area (Å²) >= 11 is 6.17. The topological polar surface area (TPSA) is 45.4 Å². The van der Waals surface area contributed by atoms with Crippen LogP contribution >= 0.6 is 11.6 Å². The number of hydrogen-bond donors (Lipinski definition) is 1. The maximum Gasteiger partial charge on any atom is 0.123 e. The fraction of sp³-hybridized carbons (Fsp3) is 0.615. The van der Waals surface area contributed by atoms with Gasteiger partial charge in [-0.2, -0.15) is 0 Å². The number of nitrogen functional groups attached to an aromatic ring is 1. The molecule has 2 heterocycles. The van der Waals surface area contributed by atoms with Crippen LogP contribution in [-0.2, 0) is 6.54 Å². The molecule has 0 amide bonds. The molecule has 0 aromatic carbocycles. The Morgan fingerprint density at radius 1 is 1.50 bits per heavy atom. The zero-order valence-electron chi connectivity index (χ0n) is 11.1. The summed E-state index contributed by atoms with van der Waals surface area (Å²) in [7, 11) is 4.23. The first-order valence-corrected chi connectivity index (χ1v) is 6.73. The molecule has 2 N–H and O–H groups in total. The van der Waals surface area contributed by atoms with E-state index in [1.807, 2.05) is 6.07 Å². The maximum atomic E-state index is 6.17. The molecule has 100 valence electrons. The molecule has 0 bridgehead atoms. The third-order valence-corrected chi connectivity index (χ3v) is 3.71. The molecule has 1 aromatic rings. The van der Waals surface area contributed by atoms with Crippen LogP contribution in [0.5, 0.6) is 0 Å². The lowest BCUT2D eigenvalue weighted by atomic mass is 10.2. The summed E-state index contributed by atoms with van der Waals surface area (Å²) in [5.41, 5.74) is 6.61. The lowest BCUT2D eigenvalue weighted by molar-refractivity contribution is 0.199. The van der Waals surface area contributed by atoms with Crippen LogP contribution in [0.3, 0.4) is 0 Å². The first-order valence-electron chi connectivity index (χ1n) is 6.36. The summed E-state index contributed by atoms with van der Waals surface area (Å²) in [5.74, 6) is 0.540. The molecule has 2 rings (SSSR count). The highest BCUT2D eigenvalue weighted by atomic mass is 35.5. The molecule has 18 heavy (non-hydrogen) atoms. The van der Waals surface area contributed by atoms with Crippen LogP contribution in [0.2, 0.25) is 5.02 Å². The van der Waals surface area contributed by atoms with Gasteiger partial charge in [0.25, 0.3) is 0 Å². The largest absolute Gasteiger partial charge is 0.384 e. The number of anilines is 1. The van der Waals surface area contributed by atoms with Crippen molar-refractivity contribution >= 4 is 17.4 Å². The fourth-order valence-corrected chi connectivity index (χ4v) is 2.70. The quantitative estimate of drug-likeness (QED) is 0.905. The highest BCUT2D eigenvalue weighted by Gasteiger charge is 2.25. The summed E-state index contributed by atoms with van der Waals surface area (Å²) in [6.07, 6.45) is 2.50. The van der Waals surface area contributed by atoms with Gasteiger partial charge in [-0.25, -0.2) is 4.98 Å². The van der Waals surface area contributed by atoms with E-state index in [0.29, 0.717) is 16.9 Å². The van der Waals surface area contributed by atoms with E-state index in [1.54, 1.807) is 6.07 Å². The van der Waals surface area contributed by atoms with E-state index in [9.17, 15) is 0 Å². The van der Waals surface area contributed by atoms with E-state index < -0.39 is 0 Å². The van der Waals surface area contributed by atoms with E-state index in [1.165, 1.54) is 12.8 Å². The molecule has 0 saturated carbocycles. The van der Waals surface area contributed by atoms with Crippen LogP contribution in [0.1, 0.15) is 18.5 Å². The average molecular weight is 269 g/mol. The number of pyridine rings is 1. The Hall–Kier alpha value is -0.840. The Morgan fingerprint density at radius 2 is 2.28 bits per heavy atom. The molecule has 0 spiro atoms. The molecule has 1 aromatic heterocycles. The van der Waals surface area contributed by atoms with Gasteiger partial charge in [0.2, 0.25) is 0 Å². The third kappa shape index (κ3) is 3.34. The van der Waals surface area contributed by atoms with Gasteiger partial charge < -0.3 is 10.6 Å². The lowest BCUT2D eigenvalue weighted by Gasteiger charge is -2.26. The highest BCUT2D eigenvalue weighted by Crippen LogP contribution is 2.23. The number of aromatic nitrogens is 1. The van der Waals surface area contributed by atoms with Crippen LogP contribution in [0.25, 0.3) is 0 Å². The second-order valence-corrected chi connectivity index (χ2v) is 5.60. The Bertz CT molecular complexity index is 408. The van der Waals surface area contributed by atoms with Crippen LogP contribution in [0.4, 0.5) is 5.82 Å². The van der Waals surface area contributed by atoms with Crippen molar-refractivity contribution in [1.29, 1.82) is 0 Å². The zero-order valence-corrected chi connectivity index (χ0v) is 11.8. The summed E-state index contributed by atoms with van der Waals surface area (Å²) in [6.45, 7) is 2.99. The number of hydrogen-bond acceptors (Lipinski definition) is 4. The van der Waals surface area contributed by atoms with Gasteiger partial charge in [-0.15, -0.1) is 0 Å². The summed E-state index contributed by atoms with van der Waals surface area (Å²) in [4.78, 5) is 9.03. The molecule has 1 aliphatic heterocycles. The monoisotopic (exact) mass is 268 g/mol. The predicted octanol–water partition coefficient (Wildman–Crippen LogP) is 1.84. The first-order chi connectivity index (χ1) is 8.56. The van der Waals surface area contributed by atoms with Crippen LogP contribution in [-0.4, -0.2) is 48.0 Å². The number of rotatable bonds is 4. The van der Waals surface area contributed by atoms with Crippen molar-refractivity contribution in [2.75, 3.05) is 32.9 Å². The average Bonchev–Trinajstić information content (AvgIpc) is 2.70. The van der Waals surface area contributed by atoms with E-state index in [4.69, 9.17) is 17.3 Å². The van der Waals surface area contributed by atoms with E-state index in [2.05, 4.69) is 28.9 Å². The van der Waals surface area contributed by atoms with Gasteiger partial charge >= 0.3 is 0 Å². The van der Waals surface area contributed by atoms with Crippen LogP contribution in [0.15, 0.2) is 12.1 Å². The molecule has 0 aliphatic carbocycles. The number of nitrogens with two attached hydrogens (primary N) is 1. The summed E-state index contributed by atoms with van der Waals surface area (Å²) in [6, 6.07) is 4.17. The van der Waals surface area contributed by atoms with E-state index in [-0.39, 0.29) is 0 Å². The molecule has 4 nitrogen and oxygen atoms in total. The van der Waals surface area contributed by atoms with Gasteiger partial charge in [-0.05, 0) is 45.6 Å². The summed E-state index contributed by atoms with van der Waals surface area (Å²) < 4.78 is 0. The van der Waals surface area contributed by atoms with Gasteiger partial charge in [0.1, 0.15) is 5.82 Å². The Labute approximate surface area is 114 Å². The van der Waals surface area contributed by atoms with Gasteiger partial charge in [-0.3, -0.25) is 4.90 Å². The number of likely N-dealkylation sites (N-methyl/N-ethyl adjacent to an activating group) is 1. The third-order valence-electron chi connectivity index (χ3n) is 3.37. The molecule has 1 atom stereocenters. The highest BCUT2D eigenvalue weighted by molar-refractivity contribution is 6.31. The Balaban J connectivity index is 2.05. The number of likely N-dealkylation sites (tertiary alicyclic amines) is 1. The fourth-order valence-electron chi connectivity index (χ4n) is 2.54. The summed E-state index contributed by atoms with van der Waals surface area (Å²) in [5, 5.41) is 0.708. The maximum absolute atomic E-state index is 6.17. The smallest absolute Gasteiger partial charge is 0.123 e. The number of halogens is 1. The normalized spacial score (nSPS) is 20.8. The SMILES string of the molecule is CN(C)CC1CCCN1Cc1nc(N)ccc1Cl. The van der Waals surface area contributed by atoms with Crippen molar-refractivity contribution in [3.05, 3.63) is 22.8 Å². The van der Waals surface area contributed by atoms with E-state index >= 15 is 0 Å². The second kappa shape index (κ2) is 5.87. The molecular weight excluding hydrogens is 248 g/mol. The van der Waals surface area contributed by atoms with Gasteiger partial charge in [0, 0.05) is 19.1 Å². The van der Waals surface area contributed by atoms with Gasteiger partial charge in [-0.1, -0.05) is 11.6 Å². The van der Waals surface area contributed by atoms with Gasteiger partial charge in [0.15, 0.2) is 0 Å². The Kier molecular flexibility index (Phi) is 4.43. The molecular formula is C13H21ClN4. The Morgan fingerprint density at radius 3 is 3.00 bits per heavy atom. The predicted molar refractivity (Wildman–Crippen MR) is 75.6 cm³/mol. The minimum atomic E-state index is 0.540. The standard InChI is InChI=1S/C13H21ClN4/c1-17(2)8-10-4-3-7-18(10)9-12-11(14)5-6-13(15)16-12/h5-6,10H,3-4,7-9H2,1-2H3,(H2,15,16). The molecule has 1 fully saturated rings. The lowest BCUT2D eigenvalue weighted by Crippen LogP contribution is -2.37. The first kappa shape index (κ1) is 13.6. The minimum absolute atomic E-state index is 0.540. The number of nitrogens with zero attached hydrogens (tertiary/aromatic N) is 3. The molecule has 5 heteroatoms. The van der Waals surface area contributed by atoms with Gasteiger partial charge in [0.05, 0.1) is 10.7 Å². The van der Waals surface area contributed by atoms with Crippen molar-refractivity contribution in [3.63, 3.8) is 0 Å². The molecule has 0 radical (unpaired) electrons. The van der Waals surface area contributed by atoms with Crippen molar-refractivity contribution < 1.29 is 0 Å². The van der Waals surface area contributed by atoms with Crippen molar-refractivity contribution in [1.82, 2.24) is 14.8 Å². The second-order valence-electron chi connectivity index (χ2n) is 5.19. The van der Waals surface area contributed by atoms with Crippen LogP contribution < -0.4 is 5.73 Å². The van der Waals surface area contributed by atoms with Crippen molar-refractivity contribution in [2.45, 2.75) is 25.4 Å². The zero-order chi connectivity index (χ0) is 13.1. The van der Waals surface area contributed by atoms with Crippen molar-refractivity contribution in [3.8, 4) is 0 Å². The molecule has 1 saturated heterocycles. The molecule has 1 aliphatic rings. The minimum Gasteiger partial charge on any atom is -0.384 e. The van der Waals surface area contributed by atoms with Crippen LogP contribution in [0, 0.1) is 0 Å². The van der Waals surface area contributed by atoms with Crippen molar-refractivity contribution in [2.24, 2.45) is 0 Å². The molecule has 1 unspecified atom stereocenters. The van der Waals surface area contributed by atoms with E-state index in [0.717, 1.165) is 25.3 Å².